The highest BCUT2D eigenvalue weighted by atomic mass is 35.5. The summed E-state index contributed by atoms with van der Waals surface area (Å²) in [5.74, 6) is -0.286. The monoisotopic (exact) mass is 252 g/mol. The first-order chi connectivity index (χ1) is 6.79. The molecular weight excluding hydrogens is 235 g/mol. The van der Waals surface area contributed by atoms with Crippen molar-refractivity contribution in [1.29, 1.82) is 0 Å². The minimum Gasteiger partial charge on any atom is -0.461 e. The van der Waals surface area contributed by atoms with Crippen LogP contribution in [0.1, 0.15) is 33.6 Å². The topological polar surface area (TPSA) is 26.3 Å². The van der Waals surface area contributed by atoms with E-state index in [-0.39, 0.29) is 12.0 Å². The van der Waals surface area contributed by atoms with Gasteiger partial charge in [-0.3, -0.25) is 0 Å². The van der Waals surface area contributed by atoms with Gasteiger partial charge in [-0.15, -0.1) is 6.58 Å². The number of hydrogen-bond acceptors (Lipinski definition) is 2. The van der Waals surface area contributed by atoms with E-state index in [4.69, 9.17) is 27.9 Å². The number of carbonyl (C=O) groups is 1. The molecule has 4 heteroatoms. The molecule has 0 spiro atoms. The smallest absolute Gasteiger partial charge is 0.342 e. The highest BCUT2D eigenvalue weighted by Crippen LogP contribution is 2.30. The third-order valence-corrected chi connectivity index (χ3v) is 2.64. The average Bonchev–Trinajstić information content (AvgIpc) is 2.13. The van der Waals surface area contributed by atoms with E-state index in [1.54, 1.807) is 19.9 Å². The van der Waals surface area contributed by atoms with E-state index in [1.165, 1.54) is 0 Å². The Labute approximate surface area is 102 Å². The standard InChI is InChI=1S/C11H18Cl2O2/c1-5-9(4)6-7-11(12,13)10(14)15-8(2)3/h5,8-9H,1,6-7H2,2-4H3. The minimum absolute atomic E-state index is 0.203. The van der Waals surface area contributed by atoms with E-state index in [1.807, 2.05) is 6.92 Å². The number of ether oxygens (including phenoxy) is 1. The van der Waals surface area contributed by atoms with Crippen molar-refractivity contribution < 1.29 is 9.53 Å². The third-order valence-electron chi connectivity index (χ3n) is 1.96. The minimum atomic E-state index is -1.44. The Balaban J connectivity index is 4.16. The first-order valence-corrected chi connectivity index (χ1v) is 5.76. The summed E-state index contributed by atoms with van der Waals surface area (Å²) < 4.78 is 3.51. The molecule has 0 aromatic carbocycles. The van der Waals surface area contributed by atoms with E-state index in [2.05, 4.69) is 6.58 Å². The molecule has 0 aliphatic heterocycles. The lowest BCUT2D eigenvalue weighted by atomic mass is 10.0. The molecule has 0 saturated carbocycles. The average molecular weight is 253 g/mol. The van der Waals surface area contributed by atoms with Gasteiger partial charge in [0.2, 0.25) is 4.33 Å². The first kappa shape index (κ1) is 14.8. The number of hydrogen-bond donors (Lipinski definition) is 0. The number of allylic oxidation sites excluding steroid dienone is 1. The molecule has 0 radical (unpaired) electrons. The van der Waals surface area contributed by atoms with Crippen molar-refractivity contribution in [2.24, 2.45) is 5.92 Å². The zero-order chi connectivity index (χ0) is 12.1. The van der Waals surface area contributed by atoms with Gasteiger partial charge in [-0.05, 0) is 32.6 Å². The van der Waals surface area contributed by atoms with E-state index >= 15 is 0 Å². The Morgan fingerprint density at radius 1 is 1.47 bits per heavy atom. The third kappa shape index (κ3) is 6.06. The molecular formula is C11H18Cl2O2. The zero-order valence-corrected chi connectivity index (χ0v) is 10.9. The summed E-state index contributed by atoms with van der Waals surface area (Å²) in [5, 5.41) is 0. The van der Waals surface area contributed by atoms with Crippen LogP contribution in [0.3, 0.4) is 0 Å². The molecule has 0 fully saturated rings. The molecule has 0 amide bonds. The Morgan fingerprint density at radius 2 is 2.00 bits per heavy atom. The van der Waals surface area contributed by atoms with Crippen LogP contribution in [0.15, 0.2) is 12.7 Å². The van der Waals surface area contributed by atoms with Crippen LogP contribution >= 0.6 is 23.2 Å². The molecule has 0 rings (SSSR count). The van der Waals surface area contributed by atoms with Gasteiger partial charge in [0.05, 0.1) is 6.10 Å². The van der Waals surface area contributed by atoms with Gasteiger partial charge < -0.3 is 4.74 Å². The zero-order valence-electron chi connectivity index (χ0n) is 9.43. The van der Waals surface area contributed by atoms with Gasteiger partial charge >= 0.3 is 5.97 Å². The Hall–Kier alpha value is -0.210. The van der Waals surface area contributed by atoms with Gasteiger partial charge in [0, 0.05) is 0 Å². The maximum Gasteiger partial charge on any atom is 0.342 e. The van der Waals surface area contributed by atoms with Gasteiger partial charge in [0.1, 0.15) is 0 Å². The van der Waals surface area contributed by atoms with Crippen molar-refractivity contribution in [1.82, 2.24) is 0 Å². The van der Waals surface area contributed by atoms with Crippen molar-refractivity contribution in [2.45, 2.75) is 44.1 Å². The van der Waals surface area contributed by atoms with Gasteiger partial charge in [-0.25, -0.2) is 4.79 Å². The molecule has 0 aromatic rings. The highest BCUT2D eigenvalue weighted by molar-refractivity contribution is 6.57. The predicted molar refractivity (Wildman–Crippen MR) is 64.3 cm³/mol. The van der Waals surface area contributed by atoms with Crippen molar-refractivity contribution in [2.75, 3.05) is 0 Å². The summed E-state index contributed by atoms with van der Waals surface area (Å²) in [7, 11) is 0. The molecule has 1 atom stereocenters. The predicted octanol–water partition coefficient (Wildman–Crippen LogP) is 3.71. The number of halogens is 2. The molecule has 0 aromatic heterocycles. The molecule has 15 heavy (non-hydrogen) atoms. The lowest BCUT2D eigenvalue weighted by Crippen LogP contribution is -2.30. The SMILES string of the molecule is C=CC(C)CCC(Cl)(Cl)C(=O)OC(C)C. The largest absolute Gasteiger partial charge is 0.461 e. The van der Waals surface area contributed by atoms with Gasteiger partial charge in [-0.1, -0.05) is 36.2 Å². The van der Waals surface area contributed by atoms with E-state index < -0.39 is 10.3 Å². The van der Waals surface area contributed by atoms with Gasteiger partial charge in [-0.2, -0.15) is 0 Å². The van der Waals surface area contributed by atoms with Crippen LogP contribution in [0, 0.1) is 5.92 Å². The normalized spacial score (nSPS) is 13.7. The molecule has 0 aliphatic rings. The fourth-order valence-corrected chi connectivity index (χ4v) is 1.24. The second-order valence-corrected chi connectivity index (χ2v) is 5.39. The molecule has 0 bridgehead atoms. The summed E-state index contributed by atoms with van der Waals surface area (Å²) in [5.41, 5.74) is 0. The van der Waals surface area contributed by atoms with Crippen molar-refractivity contribution in [3.05, 3.63) is 12.7 Å². The number of alkyl halides is 2. The maximum absolute atomic E-state index is 11.5. The number of esters is 1. The number of carbonyl (C=O) groups excluding carboxylic acids is 1. The summed E-state index contributed by atoms with van der Waals surface area (Å²) >= 11 is 11.8. The summed E-state index contributed by atoms with van der Waals surface area (Å²) in [6.07, 6.45) is 2.68. The fraction of sp³-hybridized carbons (Fsp3) is 0.727. The van der Waals surface area contributed by atoms with Gasteiger partial charge in [0.25, 0.3) is 0 Å². The van der Waals surface area contributed by atoms with Crippen LogP contribution in [0.2, 0.25) is 0 Å². The van der Waals surface area contributed by atoms with E-state index in [0.717, 1.165) is 0 Å². The number of rotatable bonds is 6. The Bertz CT molecular complexity index is 225. The summed E-state index contributed by atoms with van der Waals surface area (Å²) in [4.78, 5) is 11.5. The van der Waals surface area contributed by atoms with Crippen LogP contribution in [0.25, 0.3) is 0 Å². The van der Waals surface area contributed by atoms with Crippen LogP contribution in [-0.4, -0.2) is 16.4 Å². The first-order valence-electron chi connectivity index (χ1n) is 5.01. The molecule has 0 heterocycles. The van der Waals surface area contributed by atoms with Crippen LogP contribution < -0.4 is 0 Å². The van der Waals surface area contributed by atoms with Crippen molar-refractivity contribution in [3.63, 3.8) is 0 Å². The fourth-order valence-electron chi connectivity index (χ4n) is 0.929. The Kier molecular flexibility index (Phi) is 6.30. The van der Waals surface area contributed by atoms with Crippen LogP contribution in [0.4, 0.5) is 0 Å². The van der Waals surface area contributed by atoms with Crippen molar-refractivity contribution >= 4 is 29.2 Å². The van der Waals surface area contributed by atoms with Crippen LogP contribution in [-0.2, 0) is 9.53 Å². The van der Waals surface area contributed by atoms with E-state index in [9.17, 15) is 4.79 Å². The van der Waals surface area contributed by atoms with Crippen molar-refractivity contribution in [3.8, 4) is 0 Å². The quantitative estimate of drug-likeness (QED) is 0.409. The lowest BCUT2D eigenvalue weighted by Gasteiger charge is -2.20. The summed E-state index contributed by atoms with van der Waals surface area (Å²) in [6, 6.07) is 0. The van der Waals surface area contributed by atoms with E-state index in [0.29, 0.717) is 12.8 Å². The molecule has 0 N–H and O–H groups in total. The summed E-state index contributed by atoms with van der Waals surface area (Å²) in [6.45, 7) is 9.16. The molecule has 1 unspecified atom stereocenters. The second-order valence-electron chi connectivity index (χ2n) is 3.91. The molecule has 88 valence electrons. The van der Waals surface area contributed by atoms with Gasteiger partial charge in [0.15, 0.2) is 0 Å². The Morgan fingerprint density at radius 3 is 2.40 bits per heavy atom. The lowest BCUT2D eigenvalue weighted by molar-refractivity contribution is -0.148. The second kappa shape index (κ2) is 6.39. The molecule has 0 aliphatic carbocycles. The van der Waals surface area contributed by atoms with Crippen LogP contribution in [0.5, 0.6) is 0 Å². The highest BCUT2D eigenvalue weighted by Gasteiger charge is 2.35. The maximum atomic E-state index is 11.5. The molecule has 2 nitrogen and oxygen atoms in total. The molecule has 0 saturated heterocycles.